The van der Waals surface area contributed by atoms with Gasteiger partial charge < -0.3 is 10.0 Å². The summed E-state index contributed by atoms with van der Waals surface area (Å²) >= 11 is 2.10. The molecule has 2 aromatic rings. The summed E-state index contributed by atoms with van der Waals surface area (Å²) in [5, 5.41) is 9.68. The lowest BCUT2D eigenvalue weighted by Gasteiger charge is -2.47. The Balaban J connectivity index is 1.67. The van der Waals surface area contributed by atoms with E-state index in [4.69, 9.17) is 0 Å². The van der Waals surface area contributed by atoms with Crippen LogP contribution in [0, 0.1) is 23.1 Å². The Morgan fingerprint density at radius 1 is 1.00 bits per heavy atom. The summed E-state index contributed by atoms with van der Waals surface area (Å²) in [6.07, 6.45) is -12.6. The fourth-order valence-corrected chi connectivity index (χ4v) is 11.7. The summed E-state index contributed by atoms with van der Waals surface area (Å²) in [7, 11) is -4.71. The van der Waals surface area contributed by atoms with Gasteiger partial charge in [0.25, 0.3) is 0 Å². The molecule has 264 valence electrons. The first-order chi connectivity index (χ1) is 22.2. The van der Waals surface area contributed by atoms with Crippen molar-refractivity contribution in [3.63, 3.8) is 0 Å². The second kappa shape index (κ2) is 12.4. The summed E-state index contributed by atoms with van der Waals surface area (Å²) < 4.78 is 139. The average molecular weight is 822 g/mol. The molecule has 1 saturated heterocycles. The van der Waals surface area contributed by atoms with Crippen molar-refractivity contribution in [2.45, 2.75) is 85.6 Å². The van der Waals surface area contributed by atoms with Crippen LogP contribution in [0.4, 0.5) is 35.1 Å². The Hall–Kier alpha value is -2.50. The number of carbonyl (C=O) groups is 2. The molecule has 6 nitrogen and oxygen atoms in total. The van der Waals surface area contributed by atoms with Crippen LogP contribution in [-0.4, -0.2) is 59.7 Å². The first-order valence-electron chi connectivity index (χ1n) is 15.2. The van der Waals surface area contributed by atoms with E-state index in [0.717, 1.165) is 30.3 Å². The van der Waals surface area contributed by atoms with Gasteiger partial charge in [-0.1, -0.05) is 53.8 Å². The van der Waals surface area contributed by atoms with Crippen LogP contribution >= 0.6 is 22.6 Å². The van der Waals surface area contributed by atoms with Crippen LogP contribution in [0.3, 0.4) is 0 Å². The number of nitrogens with zero attached hydrogens (tertiary/aromatic N) is 1. The smallest absolute Gasteiger partial charge is 0.435 e. The minimum atomic E-state index is -6.39. The van der Waals surface area contributed by atoms with Gasteiger partial charge in [0, 0.05) is 16.5 Å². The fourth-order valence-electron chi connectivity index (χ4n) is 8.28. The van der Waals surface area contributed by atoms with Crippen molar-refractivity contribution in [2.24, 2.45) is 17.3 Å². The maximum Gasteiger partial charge on any atom is 0.435 e. The number of halogens is 9. The van der Waals surface area contributed by atoms with Crippen molar-refractivity contribution in [3.05, 3.63) is 65.0 Å². The number of rotatable bonds is 7. The van der Waals surface area contributed by atoms with Gasteiger partial charge in [0.2, 0.25) is 5.91 Å². The molecule has 5 atom stereocenters. The molecule has 0 bridgehead atoms. The zero-order chi connectivity index (χ0) is 35.7. The van der Waals surface area contributed by atoms with Gasteiger partial charge in [-0.05, 0) is 80.2 Å². The van der Waals surface area contributed by atoms with E-state index in [1.165, 1.54) is 4.90 Å². The number of amides is 1. The summed E-state index contributed by atoms with van der Waals surface area (Å²) in [6, 6.07) is 4.28. The van der Waals surface area contributed by atoms with Crippen LogP contribution in [0.15, 0.2) is 47.4 Å². The van der Waals surface area contributed by atoms with Gasteiger partial charge in [-0.25, -0.2) is 17.2 Å². The van der Waals surface area contributed by atoms with Gasteiger partial charge in [0.1, 0.15) is 10.6 Å². The molecule has 2 unspecified atom stereocenters. The number of carbonyl (C=O) groups excluding carboxylic acids is 1. The predicted octanol–water partition coefficient (Wildman–Crippen LogP) is 7.66. The highest BCUT2D eigenvalue weighted by Crippen LogP contribution is 2.58. The summed E-state index contributed by atoms with van der Waals surface area (Å²) in [5.41, 5.74) is -8.97. The number of aryl methyl sites for hydroxylation is 1. The second-order valence-electron chi connectivity index (χ2n) is 13.1. The maximum atomic E-state index is 15.1. The molecular formula is C32H32F8INO5S. The standard InChI is InChI=1S/C32H32F8INO5S/c1-18-17-28(11-13-41,10-9-23(18)26(43)44)27(45)42-14-12-29(48(46,47)22-4-2-3-21(33)16-22)24-7-6-20(15-19(24)5-8-25(29)42)30(34,31(35,36)37)32(38,39)40/h2-4,6-7,15-16,18,23,25H,5,8-14,17H2,1H3,(H,43,44)/t18-,23+,25?,28+,29?/m0/s1. The zero-order valence-electron chi connectivity index (χ0n) is 25.5. The van der Waals surface area contributed by atoms with Crippen molar-refractivity contribution < 1.29 is 58.2 Å². The molecule has 1 N–H and O–H groups in total. The van der Waals surface area contributed by atoms with Gasteiger partial charge in [-0.15, -0.1) is 0 Å². The zero-order valence-corrected chi connectivity index (χ0v) is 28.4. The monoisotopic (exact) mass is 821 g/mol. The van der Waals surface area contributed by atoms with E-state index < -0.39 is 78.1 Å². The number of sulfone groups is 1. The molecule has 1 saturated carbocycles. The van der Waals surface area contributed by atoms with E-state index >= 15 is 4.39 Å². The van der Waals surface area contributed by atoms with Crippen LogP contribution in [0.2, 0.25) is 0 Å². The Kier molecular flexibility index (Phi) is 9.48. The highest BCUT2D eigenvalue weighted by atomic mass is 127. The Morgan fingerprint density at radius 2 is 1.67 bits per heavy atom. The van der Waals surface area contributed by atoms with Gasteiger partial charge in [0.05, 0.1) is 22.3 Å². The third-order valence-electron chi connectivity index (χ3n) is 10.6. The molecule has 2 aromatic carbocycles. The van der Waals surface area contributed by atoms with E-state index in [2.05, 4.69) is 22.6 Å². The minimum absolute atomic E-state index is 0.156. The number of likely N-dealkylation sites (tertiary alicyclic amines) is 1. The number of carboxylic acids is 1. The third kappa shape index (κ3) is 5.50. The number of carboxylic acid groups (broad SMARTS) is 1. The molecule has 48 heavy (non-hydrogen) atoms. The molecule has 1 amide bonds. The van der Waals surface area contributed by atoms with Crippen molar-refractivity contribution >= 4 is 44.3 Å². The number of hydrogen-bond donors (Lipinski definition) is 1. The molecule has 2 aliphatic carbocycles. The van der Waals surface area contributed by atoms with Crippen LogP contribution in [0.1, 0.15) is 62.1 Å². The van der Waals surface area contributed by atoms with Gasteiger partial charge >= 0.3 is 24.0 Å². The number of alkyl halides is 8. The van der Waals surface area contributed by atoms with Crippen LogP contribution in [0.25, 0.3) is 0 Å². The van der Waals surface area contributed by atoms with E-state index in [-0.39, 0.29) is 68.2 Å². The van der Waals surface area contributed by atoms with Crippen molar-refractivity contribution in [2.75, 3.05) is 11.0 Å². The predicted molar refractivity (Wildman–Crippen MR) is 165 cm³/mol. The Labute approximate surface area is 285 Å². The highest BCUT2D eigenvalue weighted by Gasteiger charge is 2.74. The molecule has 16 heteroatoms. The largest absolute Gasteiger partial charge is 0.481 e. The lowest BCUT2D eigenvalue weighted by Crippen LogP contribution is -2.56. The topological polar surface area (TPSA) is 91.8 Å². The first-order valence-corrected chi connectivity index (χ1v) is 18.2. The van der Waals surface area contributed by atoms with Gasteiger partial charge in [-0.3, -0.25) is 9.59 Å². The van der Waals surface area contributed by atoms with E-state index in [1.54, 1.807) is 6.92 Å². The van der Waals surface area contributed by atoms with Crippen LogP contribution in [-0.2, 0) is 36.3 Å². The van der Waals surface area contributed by atoms with Crippen molar-refractivity contribution in [1.82, 2.24) is 4.90 Å². The second-order valence-corrected chi connectivity index (χ2v) is 16.3. The minimum Gasteiger partial charge on any atom is -0.481 e. The normalized spacial score (nSPS) is 28.1. The summed E-state index contributed by atoms with van der Waals surface area (Å²) in [6.45, 7) is 1.58. The van der Waals surface area contributed by atoms with Crippen molar-refractivity contribution in [1.29, 1.82) is 0 Å². The van der Waals surface area contributed by atoms with Gasteiger partial charge in [-0.2, -0.15) is 26.3 Å². The maximum absolute atomic E-state index is 15.1. The van der Waals surface area contributed by atoms with E-state index in [0.29, 0.717) is 16.9 Å². The molecule has 2 fully saturated rings. The molecule has 5 rings (SSSR count). The Bertz CT molecular complexity index is 1700. The molecule has 0 radical (unpaired) electrons. The molecular weight excluding hydrogens is 789 g/mol. The number of benzene rings is 2. The quantitative estimate of drug-likeness (QED) is 0.176. The molecule has 0 spiro atoms. The highest BCUT2D eigenvalue weighted by molar-refractivity contribution is 14.1. The number of aliphatic carboxylic acids is 1. The average Bonchev–Trinajstić information content (AvgIpc) is 3.40. The number of hydrogen-bond acceptors (Lipinski definition) is 4. The number of fused-ring (bicyclic) bond motifs is 3. The first kappa shape index (κ1) is 36.8. The Morgan fingerprint density at radius 3 is 2.23 bits per heavy atom. The SMILES string of the molecule is C[C@H]1C[C@@](CCI)(C(=O)N2CCC3(S(=O)(=O)c4cccc(F)c4)c4ccc(C(F)(C(F)(F)F)C(F)(F)F)cc4CCC23)CC[C@H]1C(=O)O. The lowest BCUT2D eigenvalue weighted by molar-refractivity contribution is -0.348. The fraction of sp³-hybridized carbons (Fsp3) is 0.562. The summed E-state index contributed by atoms with van der Waals surface area (Å²) in [4.78, 5) is 27.3. The molecule has 0 aromatic heterocycles. The van der Waals surface area contributed by atoms with E-state index in [1.807, 2.05) is 0 Å². The van der Waals surface area contributed by atoms with Crippen LogP contribution in [0.5, 0.6) is 0 Å². The van der Waals surface area contributed by atoms with E-state index in [9.17, 15) is 53.8 Å². The molecule has 1 aliphatic heterocycles. The molecule has 3 aliphatic rings. The molecule has 1 heterocycles. The summed E-state index contributed by atoms with van der Waals surface area (Å²) in [5.74, 6) is -3.38. The third-order valence-corrected chi connectivity index (χ3v) is 13.7. The lowest BCUT2D eigenvalue weighted by atomic mass is 9.63. The van der Waals surface area contributed by atoms with Crippen LogP contribution < -0.4 is 0 Å². The van der Waals surface area contributed by atoms with Crippen molar-refractivity contribution in [3.8, 4) is 0 Å². The van der Waals surface area contributed by atoms with Gasteiger partial charge in [0.15, 0.2) is 9.84 Å².